The number of benzene rings is 1. The second kappa shape index (κ2) is 6.91. The summed E-state index contributed by atoms with van der Waals surface area (Å²) >= 11 is 0. The Morgan fingerprint density at radius 3 is 2.65 bits per heavy atom. The van der Waals surface area contributed by atoms with Crippen molar-refractivity contribution < 1.29 is 14.3 Å². The fourth-order valence-electron chi connectivity index (χ4n) is 1.97. The zero-order chi connectivity index (χ0) is 14.4. The highest BCUT2D eigenvalue weighted by atomic mass is 16.4. The van der Waals surface area contributed by atoms with Gasteiger partial charge in [0.25, 0.3) is 0 Å². The molecule has 0 bridgehead atoms. The van der Waals surface area contributed by atoms with Crippen LogP contribution in [-0.2, 0) is 13.0 Å². The molecule has 0 saturated carbocycles. The summed E-state index contributed by atoms with van der Waals surface area (Å²) in [7, 11) is 0. The maximum absolute atomic E-state index is 10.8. The molecule has 0 aliphatic rings. The van der Waals surface area contributed by atoms with E-state index in [0.29, 0.717) is 11.6 Å². The van der Waals surface area contributed by atoms with Crippen LogP contribution in [0.2, 0.25) is 0 Å². The Morgan fingerprint density at radius 2 is 2.05 bits per heavy atom. The van der Waals surface area contributed by atoms with Crippen molar-refractivity contribution in [3.05, 3.63) is 59.5 Å². The molecule has 2 aromatic rings. The number of aryl methyl sites for hydroxylation is 1. The van der Waals surface area contributed by atoms with Crippen LogP contribution in [0.5, 0.6) is 0 Å². The third-order valence-electron chi connectivity index (χ3n) is 3.26. The van der Waals surface area contributed by atoms with Crippen molar-refractivity contribution in [3.8, 4) is 0 Å². The maximum Gasteiger partial charge on any atom is 0.335 e. The van der Waals surface area contributed by atoms with E-state index in [2.05, 4.69) is 12.2 Å². The van der Waals surface area contributed by atoms with Gasteiger partial charge in [-0.25, -0.2) is 4.79 Å². The number of carboxylic acids is 1. The summed E-state index contributed by atoms with van der Waals surface area (Å²) in [6, 6.07) is 11.2. The van der Waals surface area contributed by atoms with Crippen LogP contribution in [0.4, 0.5) is 0 Å². The number of hydrogen-bond donors (Lipinski definition) is 2. The van der Waals surface area contributed by atoms with E-state index in [-0.39, 0.29) is 0 Å². The molecule has 0 radical (unpaired) electrons. The van der Waals surface area contributed by atoms with Gasteiger partial charge in [0, 0.05) is 19.0 Å². The van der Waals surface area contributed by atoms with Crippen LogP contribution in [-0.4, -0.2) is 17.1 Å². The maximum atomic E-state index is 10.8. The number of nitrogens with one attached hydrogen (secondary N) is 1. The third kappa shape index (κ3) is 4.24. The highest BCUT2D eigenvalue weighted by Crippen LogP contribution is 2.08. The smallest absolute Gasteiger partial charge is 0.335 e. The van der Waals surface area contributed by atoms with E-state index < -0.39 is 5.97 Å². The lowest BCUT2D eigenvalue weighted by Gasteiger charge is -2.13. The van der Waals surface area contributed by atoms with Crippen LogP contribution in [0.3, 0.4) is 0 Å². The van der Waals surface area contributed by atoms with Crippen molar-refractivity contribution in [2.24, 2.45) is 0 Å². The Morgan fingerprint density at radius 1 is 1.30 bits per heavy atom. The van der Waals surface area contributed by atoms with Crippen molar-refractivity contribution in [3.63, 3.8) is 0 Å². The largest absolute Gasteiger partial charge is 0.478 e. The topological polar surface area (TPSA) is 62.5 Å². The Kier molecular flexibility index (Phi) is 4.96. The van der Waals surface area contributed by atoms with Crippen molar-refractivity contribution in [1.29, 1.82) is 0 Å². The van der Waals surface area contributed by atoms with E-state index in [4.69, 9.17) is 9.52 Å². The molecule has 0 spiro atoms. The van der Waals surface area contributed by atoms with E-state index in [1.807, 2.05) is 24.3 Å². The van der Waals surface area contributed by atoms with E-state index in [1.54, 1.807) is 18.4 Å². The molecule has 1 aromatic carbocycles. The molecule has 4 nitrogen and oxygen atoms in total. The van der Waals surface area contributed by atoms with Gasteiger partial charge < -0.3 is 14.8 Å². The molecule has 4 heteroatoms. The molecule has 1 atom stereocenters. The van der Waals surface area contributed by atoms with Crippen molar-refractivity contribution >= 4 is 5.97 Å². The van der Waals surface area contributed by atoms with Gasteiger partial charge in [-0.2, -0.15) is 0 Å². The molecule has 106 valence electrons. The normalized spacial score (nSPS) is 12.2. The summed E-state index contributed by atoms with van der Waals surface area (Å²) in [5.74, 6) is 0.112. The van der Waals surface area contributed by atoms with Gasteiger partial charge >= 0.3 is 5.97 Å². The molecule has 1 unspecified atom stereocenters. The van der Waals surface area contributed by atoms with E-state index in [1.165, 1.54) is 0 Å². The number of furan rings is 1. The molecule has 1 heterocycles. The van der Waals surface area contributed by atoms with Crippen LogP contribution < -0.4 is 5.32 Å². The fourth-order valence-corrected chi connectivity index (χ4v) is 1.97. The first-order valence-electron chi connectivity index (χ1n) is 6.73. The van der Waals surface area contributed by atoms with Gasteiger partial charge in [-0.05, 0) is 43.2 Å². The number of rotatable bonds is 7. The Bertz CT molecular complexity index is 531. The summed E-state index contributed by atoms with van der Waals surface area (Å²) in [6.45, 7) is 2.87. The first-order chi connectivity index (χ1) is 9.65. The summed E-state index contributed by atoms with van der Waals surface area (Å²) in [5.41, 5.74) is 1.40. The molecule has 0 amide bonds. The van der Waals surface area contributed by atoms with Crippen molar-refractivity contribution in [2.45, 2.75) is 32.4 Å². The van der Waals surface area contributed by atoms with Gasteiger partial charge in [0.1, 0.15) is 5.76 Å². The SMILES string of the molecule is CC(CCc1ccco1)NCc1ccc(C(=O)O)cc1. The lowest BCUT2D eigenvalue weighted by Crippen LogP contribution is -2.25. The predicted octanol–water partition coefficient (Wildman–Crippen LogP) is 3.09. The average molecular weight is 273 g/mol. The minimum atomic E-state index is -0.892. The first kappa shape index (κ1) is 14.3. The first-order valence-corrected chi connectivity index (χ1v) is 6.73. The van der Waals surface area contributed by atoms with Gasteiger partial charge in [0.15, 0.2) is 0 Å². The third-order valence-corrected chi connectivity index (χ3v) is 3.26. The summed E-state index contributed by atoms with van der Waals surface area (Å²) < 4.78 is 5.30. The quantitative estimate of drug-likeness (QED) is 0.813. The average Bonchev–Trinajstić information content (AvgIpc) is 2.96. The molecule has 0 aliphatic carbocycles. The number of aromatic carboxylic acids is 1. The summed E-state index contributed by atoms with van der Waals surface area (Å²) in [5, 5.41) is 12.3. The molecule has 0 fully saturated rings. The minimum absolute atomic E-state index is 0.319. The Hall–Kier alpha value is -2.07. The lowest BCUT2D eigenvalue weighted by molar-refractivity contribution is 0.0697. The van der Waals surface area contributed by atoms with Crippen molar-refractivity contribution in [2.75, 3.05) is 0 Å². The predicted molar refractivity (Wildman–Crippen MR) is 76.7 cm³/mol. The second-order valence-electron chi connectivity index (χ2n) is 4.90. The molecule has 2 N–H and O–H groups in total. The van der Waals surface area contributed by atoms with Gasteiger partial charge in [-0.15, -0.1) is 0 Å². The molecular weight excluding hydrogens is 254 g/mol. The van der Waals surface area contributed by atoms with Gasteiger partial charge in [0.05, 0.1) is 11.8 Å². The minimum Gasteiger partial charge on any atom is -0.478 e. The van der Waals surface area contributed by atoms with Crippen molar-refractivity contribution in [1.82, 2.24) is 5.32 Å². The van der Waals surface area contributed by atoms with Gasteiger partial charge in [-0.1, -0.05) is 12.1 Å². The number of hydrogen-bond acceptors (Lipinski definition) is 3. The summed E-state index contributed by atoms with van der Waals surface area (Å²) in [6.07, 6.45) is 3.61. The number of carbonyl (C=O) groups is 1. The van der Waals surface area contributed by atoms with Crippen LogP contribution in [0.15, 0.2) is 47.1 Å². The zero-order valence-corrected chi connectivity index (χ0v) is 11.5. The molecule has 1 aromatic heterocycles. The standard InChI is InChI=1S/C16H19NO3/c1-12(4-9-15-3-2-10-20-15)17-11-13-5-7-14(8-6-13)16(18)19/h2-3,5-8,10,12,17H,4,9,11H2,1H3,(H,18,19). The molecule has 20 heavy (non-hydrogen) atoms. The molecular formula is C16H19NO3. The van der Waals surface area contributed by atoms with Gasteiger partial charge in [0.2, 0.25) is 0 Å². The van der Waals surface area contributed by atoms with Crippen LogP contribution >= 0.6 is 0 Å². The second-order valence-corrected chi connectivity index (χ2v) is 4.90. The van der Waals surface area contributed by atoms with E-state index in [0.717, 1.165) is 30.7 Å². The monoisotopic (exact) mass is 273 g/mol. The molecule has 0 saturated heterocycles. The highest BCUT2D eigenvalue weighted by molar-refractivity contribution is 5.87. The zero-order valence-electron chi connectivity index (χ0n) is 11.5. The molecule has 2 rings (SSSR count). The fraction of sp³-hybridized carbons (Fsp3) is 0.312. The Labute approximate surface area is 118 Å². The van der Waals surface area contributed by atoms with Crippen LogP contribution in [0.25, 0.3) is 0 Å². The Balaban J connectivity index is 1.75. The lowest BCUT2D eigenvalue weighted by atomic mass is 10.1. The highest BCUT2D eigenvalue weighted by Gasteiger charge is 2.05. The van der Waals surface area contributed by atoms with E-state index in [9.17, 15) is 4.79 Å². The number of carboxylic acid groups (broad SMARTS) is 1. The van der Waals surface area contributed by atoms with Crippen LogP contribution in [0, 0.1) is 0 Å². The van der Waals surface area contributed by atoms with Gasteiger partial charge in [-0.3, -0.25) is 0 Å². The summed E-state index contributed by atoms with van der Waals surface area (Å²) in [4.78, 5) is 10.8. The molecule has 0 aliphatic heterocycles. The van der Waals surface area contributed by atoms with E-state index >= 15 is 0 Å². The van der Waals surface area contributed by atoms with Crippen LogP contribution in [0.1, 0.15) is 35.0 Å².